The molecule has 0 saturated carbocycles. The molecule has 1 aromatic carbocycles. The fourth-order valence-electron chi connectivity index (χ4n) is 1.91. The summed E-state index contributed by atoms with van der Waals surface area (Å²) in [6.07, 6.45) is 7.26. The molecule has 0 aliphatic carbocycles. The van der Waals surface area contributed by atoms with Gasteiger partial charge in [0.25, 0.3) is 0 Å². The molecule has 0 bridgehead atoms. The first-order chi connectivity index (χ1) is 8.35. The largest absolute Gasteiger partial charge is 0.325 e. The van der Waals surface area contributed by atoms with E-state index in [1.807, 2.05) is 17.1 Å². The van der Waals surface area contributed by atoms with E-state index in [9.17, 15) is 0 Å². The van der Waals surface area contributed by atoms with Crippen LogP contribution < -0.4 is 5.73 Å². The highest BCUT2D eigenvalue weighted by Gasteiger charge is 2.02. The molecule has 0 aliphatic rings. The summed E-state index contributed by atoms with van der Waals surface area (Å²) in [6.45, 7) is 2.73. The Labute approximate surface area is 102 Å². The van der Waals surface area contributed by atoms with Crippen molar-refractivity contribution < 1.29 is 0 Å². The summed E-state index contributed by atoms with van der Waals surface area (Å²) in [5.74, 6) is 0. The lowest BCUT2D eigenvalue weighted by molar-refractivity contribution is 0.794. The second kappa shape index (κ2) is 5.64. The standard InChI is InChI=1S/C14H19N3/c1-2-3-4-12-5-7-13(8-6-12)17-11-16-10-14(17)9-15/h5-8,10-11H,2-4,9,15H2,1H3. The van der Waals surface area contributed by atoms with Crippen LogP contribution in [0.2, 0.25) is 0 Å². The van der Waals surface area contributed by atoms with Crippen molar-refractivity contribution in [2.45, 2.75) is 32.7 Å². The van der Waals surface area contributed by atoms with E-state index in [-0.39, 0.29) is 0 Å². The van der Waals surface area contributed by atoms with E-state index in [0.29, 0.717) is 6.54 Å². The predicted octanol–water partition coefficient (Wildman–Crippen LogP) is 2.67. The van der Waals surface area contributed by atoms with Crippen molar-refractivity contribution in [2.75, 3.05) is 0 Å². The van der Waals surface area contributed by atoms with Crippen LogP contribution in [0, 0.1) is 0 Å². The highest BCUT2D eigenvalue weighted by molar-refractivity contribution is 5.36. The van der Waals surface area contributed by atoms with Crippen LogP contribution in [0.4, 0.5) is 0 Å². The van der Waals surface area contributed by atoms with Crippen molar-refractivity contribution >= 4 is 0 Å². The predicted molar refractivity (Wildman–Crippen MR) is 70.1 cm³/mol. The molecule has 1 aromatic heterocycles. The van der Waals surface area contributed by atoms with Crippen molar-refractivity contribution in [2.24, 2.45) is 5.73 Å². The second-order valence-electron chi connectivity index (χ2n) is 4.23. The number of aryl methyl sites for hydroxylation is 1. The maximum absolute atomic E-state index is 5.67. The maximum Gasteiger partial charge on any atom is 0.0994 e. The first-order valence-electron chi connectivity index (χ1n) is 6.15. The number of nitrogens with two attached hydrogens (primary N) is 1. The van der Waals surface area contributed by atoms with Gasteiger partial charge in [-0.25, -0.2) is 4.98 Å². The summed E-state index contributed by atoms with van der Waals surface area (Å²) in [5, 5.41) is 0. The van der Waals surface area contributed by atoms with Crippen molar-refractivity contribution in [3.8, 4) is 5.69 Å². The number of benzene rings is 1. The number of nitrogens with zero attached hydrogens (tertiary/aromatic N) is 2. The molecule has 0 unspecified atom stereocenters. The lowest BCUT2D eigenvalue weighted by Crippen LogP contribution is -2.04. The molecular formula is C14H19N3. The third kappa shape index (κ3) is 2.74. The maximum atomic E-state index is 5.67. The normalized spacial score (nSPS) is 10.7. The molecule has 17 heavy (non-hydrogen) atoms. The molecule has 0 spiro atoms. The lowest BCUT2D eigenvalue weighted by atomic mass is 10.1. The summed E-state index contributed by atoms with van der Waals surface area (Å²) < 4.78 is 2.03. The van der Waals surface area contributed by atoms with E-state index < -0.39 is 0 Å². The van der Waals surface area contributed by atoms with Gasteiger partial charge in [-0.3, -0.25) is 0 Å². The van der Waals surface area contributed by atoms with Crippen molar-refractivity contribution in [1.82, 2.24) is 9.55 Å². The van der Waals surface area contributed by atoms with Crippen LogP contribution in [0.5, 0.6) is 0 Å². The minimum atomic E-state index is 0.511. The third-order valence-electron chi connectivity index (χ3n) is 2.96. The zero-order valence-electron chi connectivity index (χ0n) is 10.3. The van der Waals surface area contributed by atoms with E-state index in [2.05, 4.69) is 36.2 Å². The minimum Gasteiger partial charge on any atom is -0.325 e. The van der Waals surface area contributed by atoms with Gasteiger partial charge in [-0.1, -0.05) is 25.5 Å². The Morgan fingerprint density at radius 1 is 1.24 bits per heavy atom. The average molecular weight is 229 g/mol. The van der Waals surface area contributed by atoms with Crippen molar-refractivity contribution in [3.05, 3.63) is 48.0 Å². The Bertz CT molecular complexity index is 457. The zero-order valence-corrected chi connectivity index (χ0v) is 10.3. The number of aromatic nitrogens is 2. The Morgan fingerprint density at radius 2 is 2.00 bits per heavy atom. The molecule has 0 aliphatic heterocycles. The zero-order chi connectivity index (χ0) is 12.1. The molecule has 0 saturated heterocycles. The van der Waals surface area contributed by atoms with E-state index in [1.54, 1.807) is 0 Å². The summed E-state index contributed by atoms with van der Waals surface area (Å²) in [6, 6.07) is 8.63. The van der Waals surface area contributed by atoms with Crippen molar-refractivity contribution in [1.29, 1.82) is 0 Å². The second-order valence-corrected chi connectivity index (χ2v) is 4.23. The van der Waals surface area contributed by atoms with E-state index in [1.165, 1.54) is 18.4 Å². The molecule has 2 rings (SSSR count). The molecule has 3 nitrogen and oxygen atoms in total. The quantitative estimate of drug-likeness (QED) is 0.856. The lowest BCUT2D eigenvalue weighted by Gasteiger charge is -2.07. The van der Waals surface area contributed by atoms with Crippen LogP contribution in [0.15, 0.2) is 36.8 Å². The van der Waals surface area contributed by atoms with Gasteiger partial charge in [-0.15, -0.1) is 0 Å². The van der Waals surface area contributed by atoms with E-state index in [4.69, 9.17) is 5.73 Å². The Hall–Kier alpha value is -1.61. The fraction of sp³-hybridized carbons (Fsp3) is 0.357. The van der Waals surface area contributed by atoms with Crippen LogP contribution in [0.1, 0.15) is 31.0 Å². The molecule has 2 aromatic rings. The summed E-state index contributed by atoms with van der Waals surface area (Å²) in [4.78, 5) is 4.12. The SMILES string of the molecule is CCCCc1ccc(-n2cncc2CN)cc1. The van der Waals surface area contributed by atoms with Gasteiger partial charge in [0.1, 0.15) is 0 Å². The number of unbranched alkanes of at least 4 members (excludes halogenated alkanes) is 1. The topological polar surface area (TPSA) is 43.8 Å². The van der Waals surface area contributed by atoms with Gasteiger partial charge in [-0.2, -0.15) is 0 Å². The highest BCUT2D eigenvalue weighted by atomic mass is 15.1. The van der Waals surface area contributed by atoms with Gasteiger partial charge < -0.3 is 10.3 Å². The molecular weight excluding hydrogens is 210 g/mol. The summed E-state index contributed by atoms with van der Waals surface area (Å²) in [7, 11) is 0. The van der Waals surface area contributed by atoms with Gasteiger partial charge in [0.15, 0.2) is 0 Å². The van der Waals surface area contributed by atoms with Gasteiger partial charge in [0.05, 0.1) is 12.0 Å². The van der Waals surface area contributed by atoms with E-state index in [0.717, 1.165) is 17.8 Å². The summed E-state index contributed by atoms with van der Waals surface area (Å²) in [5.41, 5.74) is 9.22. The number of hydrogen-bond acceptors (Lipinski definition) is 2. The smallest absolute Gasteiger partial charge is 0.0994 e. The first-order valence-corrected chi connectivity index (χ1v) is 6.15. The Kier molecular flexibility index (Phi) is 3.94. The highest BCUT2D eigenvalue weighted by Crippen LogP contribution is 2.13. The van der Waals surface area contributed by atoms with Crippen LogP contribution >= 0.6 is 0 Å². The summed E-state index contributed by atoms with van der Waals surface area (Å²) >= 11 is 0. The molecule has 2 N–H and O–H groups in total. The van der Waals surface area contributed by atoms with Gasteiger partial charge in [0, 0.05) is 18.4 Å². The first kappa shape index (κ1) is 11.9. The molecule has 0 amide bonds. The van der Waals surface area contributed by atoms with Crippen LogP contribution in [-0.4, -0.2) is 9.55 Å². The third-order valence-corrected chi connectivity index (χ3v) is 2.96. The Morgan fingerprint density at radius 3 is 2.65 bits per heavy atom. The van der Waals surface area contributed by atoms with Crippen molar-refractivity contribution in [3.63, 3.8) is 0 Å². The van der Waals surface area contributed by atoms with Gasteiger partial charge in [-0.05, 0) is 30.5 Å². The van der Waals surface area contributed by atoms with Crippen LogP contribution in [0.3, 0.4) is 0 Å². The van der Waals surface area contributed by atoms with Gasteiger partial charge >= 0.3 is 0 Å². The minimum absolute atomic E-state index is 0.511. The number of hydrogen-bond donors (Lipinski definition) is 1. The molecule has 0 radical (unpaired) electrons. The number of imidazole rings is 1. The Balaban J connectivity index is 2.17. The van der Waals surface area contributed by atoms with Crippen LogP contribution in [-0.2, 0) is 13.0 Å². The van der Waals surface area contributed by atoms with Gasteiger partial charge in [0.2, 0.25) is 0 Å². The van der Waals surface area contributed by atoms with E-state index >= 15 is 0 Å². The molecule has 3 heteroatoms. The van der Waals surface area contributed by atoms with Crippen LogP contribution in [0.25, 0.3) is 5.69 Å². The fourth-order valence-corrected chi connectivity index (χ4v) is 1.91. The molecule has 1 heterocycles. The average Bonchev–Trinajstić information content (AvgIpc) is 2.85. The number of rotatable bonds is 5. The monoisotopic (exact) mass is 229 g/mol. The molecule has 0 fully saturated rings. The molecule has 0 atom stereocenters. The molecule has 90 valence electrons.